The highest BCUT2D eigenvalue weighted by atomic mass is 16.5. The van der Waals surface area contributed by atoms with Gasteiger partial charge in [-0.25, -0.2) is 4.79 Å². The van der Waals surface area contributed by atoms with Crippen molar-refractivity contribution in [1.82, 2.24) is 4.90 Å². The lowest BCUT2D eigenvalue weighted by molar-refractivity contribution is -0.150. The Hall–Kier alpha value is -2.86. The second-order valence-corrected chi connectivity index (χ2v) is 7.97. The van der Waals surface area contributed by atoms with Gasteiger partial charge in [0.1, 0.15) is 12.4 Å². The Morgan fingerprint density at radius 1 is 1.10 bits per heavy atom. The van der Waals surface area contributed by atoms with E-state index in [0.29, 0.717) is 38.3 Å². The van der Waals surface area contributed by atoms with Crippen molar-refractivity contribution in [2.45, 2.75) is 32.4 Å². The first kappa shape index (κ1) is 19.5. The molecule has 1 saturated heterocycles. The fraction of sp³-hybridized carbons (Fsp3) is 0.391. The van der Waals surface area contributed by atoms with Crippen LogP contribution >= 0.6 is 0 Å². The number of hydrogen-bond donors (Lipinski definition) is 1. The van der Waals surface area contributed by atoms with Gasteiger partial charge in [-0.05, 0) is 30.5 Å². The molecule has 1 amide bonds. The highest BCUT2D eigenvalue weighted by Crippen LogP contribution is 2.39. The molecule has 0 saturated carbocycles. The highest BCUT2D eigenvalue weighted by Gasteiger charge is 2.42. The minimum absolute atomic E-state index is 0.0911. The molecule has 2 aromatic carbocycles. The number of carbonyl (C=O) groups excluding carboxylic acids is 1. The molecule has 2 aliphatic heterocycles. The largest absolute Gasteiger partial charge is 0.491 e. The van der Waals surface area contributed by atoms with E-state index in [1.807, 2.05) is 42.2 Å². The van der Waals surface area contributed by atoms with Gasteiger partial charge in [-0.2, -0.15) is 0 Å². The Bertz CT molecular complexity index is 905. The molecule has 2 aliphatic rings. The van der Waals surface area contributed by atoms with E-state index in [9.17, 15) is 14.7 Å². The smallest absolute Gasteiger partial charge is 0.335 e. The molecule has 1 unspecified atom stereocenters. The summed E-state index contributed by atoms with van der Waals surface area (Å²) < 4.78 is 11.5. The molecule has 1 fully saturated rings. The van der Waals surface area contributed by atoms with Crippen molar-refractivity contribution in [3.05, 3.63) is 65.2 Å². The summed E-state index contributed by atoms with van der Waals surface area (Å²) >= 11 is 0. The lowest BCUT2D eigenvalue weighted by Crippen LogP contribution is -2.47. The number of carboxylic acids is 1. The average Bonchev–Trinajstić information content (AvgIpc) is 2.93. The maximum absolute atomic E-state index is 13.7. The summed E-state index contributed by atoms with van der Waals surface area (Å²) in [5.41, 5.74) is 1.52. The molecule has 6 heteroatoms. The maximum Gasteiger partial charge on any atom is 0.335 e. The minimum atomic E-state index is -0.997. The van der Waals surface area contributed by atoms with Crippen LogP contribution in [0.3, 0.4) is 0 Å². The van der Waals surface area contributed by atoms with Crippen molar-refractivity contribution in [2.24, 2.45) is 5.41 Å². The lowest BCUT2D eigenvalue weighted by atomic mass is 9.80. The van der Waals surface area contributed by atoms with Crippen LogP contribution in [0.2, 0.25) is 0 Å². The second-order valence-electron chi connectivity index (χ2n) is 7.97. The van der Waals surface area contributed by atoms with Crippen molar-refractivity contribution >= 4 is 11.9 Å². The van der Waals surface area contributed by atoms with Gasteiger partial charge in [-0.15, -0.1) is 0 Å². The molecule has 152 valence electrons. The second kappa shape index (κ2) is 7.87. The number of carbonyl (C=O) groups is 2. The zero-order valence-corrected chi connectivity index (χ0v) is 16.5. The summed E-state index contributed by atoms with van der Waals surface area (Å²) in [6.45, 7) is 3.84. The molecule has 0 spiro atoms. The third kappa shape index (κ3) is 3.85. The number of ether oxygens (including phenoxy) is 2. The predicted octanol–water partition coefficient (Wildman–Crippen LogP) is 3.66. The van der Waals surface area contributed by atoms with Gasteiger partial charge in [0.15, 0.2) is 0 Å². The van der Waals surface area contributed by atoms with Crippen molar-refractivity contribution in [2.75, 3.05) is 19.8 Å². The molecule has 2 aromatic rings. The van der Waals surface area contributed by atoms with Gasteiger partial charge < -0.3 is 19.5 Å². The fourth-order valence-corrected chi connectivity index (χ4v) is 4.05. The normalized spacial score (nSPS) is 20.9. The third-order valence-electron chi connectivity index (χ3n) is 5.99. The summed E-state index contributed by atoms with van der Waals surface area (Å²) in [5.74, 6) is -0.380. The Balaban J connectivity index is 1.72. The molecule has 0 radical (unpaired) electrons. The van der Waals surface area contributed by atoms with Gasteiger partial charge in [0.05, 0.1) is 23.6 Å². The average molecular weight is 395 g/mol. The van der Waals surface area contributed by atoms with Crippen LogP contribution in [0.1, 0.15) is 47.3 Å². The van der Waals surface area contributed by atoms with Gasteiger partial charge in [0.25, 0.3) is 0 Å². The SMILES string of the molecule is CC1(C(=O)N2Cc3ccc(C(=O)O)cc3OCC2c2ccccc2)CCOCC1. The first-order valence-corrected chi connectivity index (χ1v) is 9.91. The quantitative estimate of drug-likeness (QED) is 0.858. The lowest BCUT2D eigenvalue weighted by Gasteiger charge is -2.39. The molecule has 0 bridgehead atoms. The number of carboxylic acid groups (broad SMARTS) is 1. The molecule has 1 atom stereocenters. The van der Waals surface area contributed by atoms with E-state index in [4.69, 9.17) is 9.47 Å². The summed E-state index contributed by atoms with van der Waals surface area (Å²) in [6, 6.07) is 14.5. The Kier molecular flexibility index (Phi) is 5.28. The number of hydrogen-bond acceptors (Lipinski definition) is 4. The van der Waals surface area contributed by atoms with Crippen molar-refractivity contribution in [3.63, 3.8) is 0 Å². The van der Waals surface area contributed by atoms with E-state index >= 15 is 0 Å². The number of nitrogens with zero attached hydrogens (tertiary/aromatic N) is 1. The summed E-state index contributed by atoms with van der Waals surface area (Å²) in [4.78, 5) is 27.0. The van der Waals surface area contributed by atoms with Gasteiger partial charge in [-0.3, -0.25) is 4.79 Å². The molecule has 0 aromatic heterocycles. The zero-order valence-electron chi connectivity index (χ0n) is 16.5. The van der Waals surface area contributed by atoms with Gasteiger partial charge in [0.2, 0.25) is 5.91 Å². The fourth-order valence-electron chi connectivity index (χ4n) is 4.05. The van der Waals surface area contributed by atoms with E-state index < -0.39 is 11.4 Å². The molecular weight excluding hydrogens is 370 g/mol. The predicted molar refractivity (Wildman–Crippen MR) is 107 cm³/mol. The first-order valence-electron chi connectivity index (χ1n) is 9.91. The van der Waals surface area contributed by atoms with E-state index in [0.717, 1.165) is 11.1 Å². The Morgan fingerprint density at radius 3 is 2.52 bits per heavy atom. The van der Waals surface area contributed by atoms with Crippen LogP contribution in [-0.2, 0) is 16.1 Å². The number of aromatic carboxylic acids is 1. The standard InChI is InChI=1S/C23H25NO5/c1-23(9-11-28-12-10-23)22(27)24-14-18-8-7-17(21(25)26)13-20(18)29-15-19(24)16-5-3-2-4-6-16/h2-8,13,19H,9-12,14-15H2,1H3,(H,25,26). The van der Waals surface area contributed by atoms with Crippen LogP contribution in [0.25, 0.3) is 0 Å². The van der Waals surface area contributed by atoms with Crippen LogP contribution < -0.4 is 4.74 Å². The zero-order chi connectivity index (χ0) is 20.4. The van der Waals surface area contributed by atoms with Crippen LogP contribution in [0.4, 0.5) is 0 Å². The molecule has 2 heterocycles. The molecule has 0 aliphatic carbocycles. The topological polar surface area (TPSA) is 76.1 Å². The number of benzene rings is 2. The van der Waals surface area contributed by atoms with Crippen LogP contribution in [0, 0.1) is 5.41 Å². The van der Waals surface area contributed by atoms with Crippen molar-refractivity contribution in [1.29, 1.82) is 0 Å². The Morgan fingerprint density at radius 2 is 1.83 bits per heavy atom. The number of rotatable bonds is 3. The summed E-state index contributed by atoms with van der Waals surface area (Å²) in [7, 11) is 0. The Labute approximate surface area is 170 Å². The van der Waals surface area contributed by atoms with E-state index in [-0.39, 0.29) is 24.1 Å². The first-order chi connectivity index (χ1) is 14.0. The monoisotopic (exact) mass is 395 g/mol. The molecule has 6 nitrogen and oxygen atoms in total. The number of amides is 1. The molecule has 1 N–H and O–H groups in total. The van der Waals surface area contributed by atoms with Gasteiger partial charge in [0, 0.05) is 18.8 Å². The van der Waals surface area contributed by atoms with Gasteiger partial charge >= 0.3 is 5.97 Å². The molecule has 29 heavy (non-hydrogen) atoms. The van der Waals surface area contributed by atoms with E-state index in [2.05, 4.69) is 0 Å². The highest BCUT2D eigenvalue weighted by molar-refractivity contribution is 5.88. The van der Waals surface area contributed by atoms with Crippen LogP contribution in [-0.4, -0.2) is 41.7 Å². The van der Waals surface area contributed by atoms with Crippen molar-refractivity contribution < 1.29 is 24.2 Å². The number of fused-ring (bicyclic) bond motifs is 1. The van der Waals surface area contributed by atoms with Crippen LogP contribution in [0.5, 0.6) is 5.75 Å². The summed E-state index contributed by atoms with van der Waals surface area (Å²) in [5, 5.41) is 9.30. The molecule has 4 rings (SSSR count). The van der Waals surface area contributed by atoms with Crippen LogP contribution in [0.15, 0.2) is 48.5 Å². The van der Waals surface area contributed by atoms with Gasteiger partial charge in [-0.1, -0.05) is 43.3 Å². The third-order valence-corrected chi connectivity index (χ3v) is 5.99. The minimum Gasteiger partial charge on any atom is -0.491 e. The maximum atomic E-state index is 13.7. The summed E-state index contributed by atoms with van der Waals surface area (Å²) in [6.07, 6.45) is 1.38. The molecular formula is C23H25NO5. The van der Waals surface area contributed by atoms with E-state index in [1.54, 1.807) is 18.2 Å². The van der Waals surface area contributed by atoms with Crippen molar-refractivity contribution in [3.8, 4) is 5.75 Å². The van der Waals surface area contributed by atoms with E-state index in [1.165, 1.54) is 0 Å².